The van der Waals surface area contributed by atoms with Gasteiger partial charge >= 0.3 is 5.69 Å². The van der Waals surface area contributed by atoms with Crippen molar-refractivity contribution < 1.29 is 4.79 Å². The molecular formula is C17H30N4O2. The average molecular weight is 322 g/mol. The molecule has 0 radical (unpaired) electrons. The second-order valence-electron chi connectivity index (χ2n) is 7.11. The molecule has 1 aromatic heterocycles. The molecule has 6 heteroatoms. The van der Waals surface area contributed by atoms with Gasteiger partial charge in [-0.3, -0.25) is 9.36 Å². The van der Waals surface area contributed by atoms with Crippen molar-refractivity contribution in [2.24, 2.45) is 5.92 Å². The number of nitrogens with one attached hydrogen (secondary N) is 1. The van der Waals surface area contributed by atoms with Gasteiger partial charge in [0.2, 0.25) is 5.91 Å². The van der Waals surface area contributed by atoms with E-state index in [0.29, 0.717) is 5.92 Å². The van der Waals surface area contributed by atoms with Gasteiger partial charge in [-0.05, 0) is 32.1 Å². The van der Waals surface area contributed by atoms with E-state index in [2.05, 4.69) is 24.3 Å². The van der Waals surface area contributed by atoms with Crippen molar-refractivity contribution in [1.29, 1.82) is 0 Å². The Morgan fingerprint density at radius 2 is 2.00 bits per heavy atom. The minimum Gasteiger partial charge on any atom is -0.352 e. The Bertz CT molecular complexity index is 574. The maximum absolute atomic E-state index is 12.3. The van der Waals surface area contributed by atoms with Crippen LogP contribution in [0.4, 0.5) is 0 Å². The van der Waals surface area contributed by atoms with Crippen LogP contribution in [0.3, 0.4) is 0 Å². The number of rotatable bonds is 7. The second-order valence-corrected chi connectivity index (χ2v) is 7.11. The third-order valence-corrected chi connectivity index (χ3v) is 4.40. The zero-order valence-electron chi connectivity index (χ0n) is 14.7. The highest BCUT2D eigenvalue weighted by molar-refractivity contribution is 5.75. The standard InChI is InChI=1S/C17H30N4O2/c1-13(2)8-7-9-14(3)18-16(22)12-21-17(23)20-11-6-4-5-10-15(20)19-21/h13-14H,4-12H2,1-3H3,(H,18,22). The van der Waals surface area contributed by atoms with Crippen LogP contribution in [0.2, 0.25) is 0 Å². The lowest BCUT2D eigenvalue weighted by molar-refractivity contribution is -0.122. The van der Waals surface area contributed by atoms with Gasteiger partial charge in [0.1, 0.15) is 12.4 Å². The number of carbonyl (C=O) groups excluding carboxylic acids is 1. The number of hydrogen-bond acceptors (Lipinski definition) is 3. The fourth-order valence-corrected chi connectivity index (χ4v) is 3.09. The molecular weight excluding hydrogens is 292 g/mol. The van der Waals surface area contributed by atoms with Gasteiger partial charge in [-0.15, -0.1) is 0 Å². The molecule has 1 N–H and O–H groups in total. The summed E-state index contributed by atoms with van der Waals surface area (Å²) >= 11 is 0. The Balaban J connectivity index is 1.87. The zero-order chi connectivity index (χ0) is 16.8. The maximum Gasteiger partial charge on any atom is 0.346 e. The Kier molecular flexibility index (Phi) is 6.42. The van der Waals surface area contributed by atoms with Crippen LogP contribution in [0.25, 0.3) is 0 Å². The van der Waals surface area contributed by atoms with Crippen LogP contribution >= 0.6 is 0 Å². The summed E-state index contributed by atoms with van der Waals surface area (Å²) < 4.78 is 3.04. The van der Waals surface area contributed by atoms with Gasteiger partial charge in [0, 0.05) is 19.0 Å². The van der Waals surface area contributed by atoms with Crippen molar-refractivity contribution in [3.8, 4) is 0 Å². The van der Waals surface area contributed by atoms with E-state index in [1.165, 1.54) is 11.1 Å². The van der Waals surface area contributed by atoms with Gasteiger partial charge in [-0.25, -0.2) is 9.48 Å². The maximum atomic E-state index is 12.3. The summed E-state index contributed by atoms with van der Waals surface area (Å²) in [5.41, 5.74) is -0.149. The van der Waals surface area contributed by atoms with Crippen molar-refractivity contribution in [2.75, 3.05) is 0 Å². The Labute approximate surface area is 138 Å². The molecule has 1 atom stereocenters. The highest BCUT2D eigenvalue weighted by atomic mass is 16.2. The summed E-state index contributed by atoms with van der Waals surface area (Å²) in [5.74, 6) is 1.39. The molecule has 6 nitrogen and oxygen atoms in total. The minimum absolute atomic E-state index is 0.0212. The third-order valence-electron chi connectivity index (χ3n) is 4.40. The number of carbonyl (C=O) groups is 1. The highest BCUT2D eigenvalue weighted by Crippen LogP contribution is 2.10. The van der Waals surface area contributed by atoms with Gasteiger partial charge in [0.25, 0.3) is 0 Å². The largest absolute Gasteiger partial charge is 0.352 e. The second kappa shape index (κ2) is 8.31. The molecule has 0 saturated carbocycles. The first-order valence-corrected chi connectivity index (χ1v) is 8.93. The molecule has 1 aliphatic rings. The summed E-state index contributed by atoms with van der Waals surface area (Å²) in [5, 5.41) is 7.32. The van der Waals surface area contributed by atoms with Crippen LogP contribution in [-0.4, -0.2) is 26.3 Å². The van der Waals surface area contributed by atoms with E-state index in [-0.39, 0.29) is 24.2 Å². The average Bonchev–Trinajstić information content (AvgIpc) is 2.65. The Morgan fingerprint density at radius 3 is 2.74 bits per heavy atom. The van der Waals surface area contributed by atoms with Crippen LogP contribution in [-0.2, 0) is 24.3 Å². The predicted molar refractivity (Wildman–Crippen MR) is 90.3 cm³/mol. The Morgan fingerprint density at radius 1 is 1.22 bits per heavy atom. The molecule has 2 heterocycles. The number of aromatic nitrogens is 3. The Hall–Kier alpha value is -1.59. The van der Waals surface area contributed by atoms with E-state index < -0.39 is 0 Å². The van der Waals surface area contributed by atoms with Crippen molar-refractivity contribution in [3.63, 3.8) is 0 Å². The molecule has 1 amide bonds. The molecule has 130 valence electrons. The van der Waals surface area contributed by atoms with E-state index in [4.69, 9.17) is 0 Å². The van der Waals surface area contributed by atoms with Crippen molar-refractivity contribution in [2.45, 2.75) is 84.8 Å². The van der Waals surface area contributed by atoms with Gasteiger partial charge in [0.05, 0.1) is 0 Å². The third kappa shape index (κ3) is 5.22. The van der Waals surface area contributed by atoms with E-state index in [0.717, 1.165) is 50.9 Å². The van der Waals surface area contributed by atoms with Crippen molar-refractivity contribution >= 4 is 5.91 Å². The van der Waals surface area contributed by atoms with Crippen molar-refractivity contribution in [1.82, 2.24) is 19.7 Å². The number of amides is 1. The van der Waals surface area contributed by atoms with Gasteiger partial charge < -0.3 is 5.32 Å². The molecule has 1 aromatic rings. The first-order valence-electron chi connectivity index (χ1n) is 8.93. The highest BCUT2D eigenvalue weighted by Gasteiger charge is 2.17. The molecule has 0 spiro atoms. The van der Waals surface area contributed by atoms with Crippen LogP contribution in [0.15, 0.2) is 4.79 Å². The molecule has 0 aliphatic carbocycles. The SMILES string of the molecule is CC(C)CCCC(C)NC(=O)Cn1nc2n(c1=O)CCCCC2. The topological polar surface area (TPSA) is 68.9 Å². The van der Waals surface area contributed by atoms with E-state index in [9.17, 15) is 9.59 Å². The quantitative estimate of drug-likeness (QED) is 0.836. The number of aryl methyl sites for hydroxylation is 1. The van der Waals surface area contributed by atoms with Crippen LogP contribution in [0.1, 0.15) is 65.1 Å². The van der Waals surface area contributed by atoms with Crippen molar-refractivity contribution in [3.05, 3.63) is 16.3 Å². The molecule has 0 saturated heterocycles. The van der Waals surface area contributed by atoms with Crippen LogP contribution < -0.4 is 11.0 Å². The summed E-state index contributed by atoms with van der Waals surface area (Å²) in [7, 11) is 0. The molecule has 0 fully saturated rings. The lowest BCUT2D eigenvalue weighted by Crippen LogP contribution is -2.38. The van der Waals surface area contributed by atoms with Gasteiger partial charge in [0.15, 0.2) is 0 Å². The molecule has 0 aromatic carbocycles. The molecule has 1 unspecified atom stereocenters. The zero-order valence-corrected chi connectivity index (χ0v) is 14.7. The predicted octanol–water partition coefficient (Wildman–Crippen LogP) is 2.10. The molecule has 2 rings (SSSR count). The lowest BCUT2D eigenvalue weighted by Gasteiger charge is -2.14. The summed E-state index contributed by atoms with van der Waals surface area (Å²) in [4.78, 5) is 24.5. The molecule has 1 aliphatic heterocycles. The lowest BCUT2D eigenvalue weighted by atomic mass is 10.0. The first-order chi connectivity index (χ1) is 11.0. The van der Waals surface area contributed by atoms with E-state index >= 15 is 0 Å². The fourth-order valence-electron chi connectivity index (χ4n) is 3.09. The molecule has 23 heavy (non-hydrogen) atoms. The minimum atomic E-state index is -0.149. The summed E-state index contributed by atoms with van der Waals surface area (Å²) in [6, 6.07) is 0.136. The van der Waals surface area contributed by atoms with E-state index in [1.807, 2.05) is 6.92 Å². The fraction of sp³-hybridized carbons (Fsp3) is 0.824. The van der Waals surface area contributed by atoms with Gasteiger partial charge in [-0.2, -0.15) is 5.10 Å². The summed E-state index contributed by atoms with van der Waals surface area (Å²) in [6.45, 7) is 7.18. The van der Waals surface area contributed by atoms with Crippen LogP contribution in [0.5, 0.6) is 0 Å². The van der Waals surface area contributed by atoms with E-state index in [1.54, 1.807) is 4.57 Å². The number of nitrogens with zero attached hydrogens (tertiary/aromatic N) is 3. The normalized spacial score (nSPS) is 16.0. The number of fused-ring (bicyclic) bond motifs is 1. The van der Waals surface area contributed by atoms with Gasteiger partial charge in [-0.1, -0.05) is 33.1 Å². The summed E-state index contributed by atoms with van der Waals surface area (Å²) in [6.07, 6.45) is 7.30. The monoisotopic (exact) mass is 322 g/mol. The number of hydrogen-bond donors (Lipinski definition) is 1. The van der Waals surface area contributed by atoms with Crippen LogP contribution in [0, 0.1) is 5.92 Å². The first kappa shape index (κ1) is 17.8. The smallest absolute Gasteiger partial charge is 0.346 e. The molecule has 0 bridgehead atoms.